The molecule has 7 heteroatoms. The van der Waals surface area contributed by atoms with E-state index >= 15 is 0 Å². The van der Waals surface area contributed by atoms with Crippen molar-refractivity contribution in [3.63, 3.8) is 0 Å². The first-order valence-electron chi connectivity index (χ1n) is 4.86. The molecule has 6 nitrogen and oxygen atoms in total. The molecule has 0 saturated carbocycles. The first kappa shape index (κ1) is 12.1. The maximum Gasteiger partial charge on any atom is 0.339 e. The summed E-state index contributed by atoms with van der Waals surface area (Å²) in [5.41, 5.74) is 5.88. The van der Waals surface area contributed by atoms with E-state index in [9.17, 15) is 14.9 Å². The molecular weight excluding hydrogens is 256 g/mol. The molecule has 2 rings (SSSR count). The number of thiophene rings is 1. The first-order valence-corrected chi connectivity index (χ1v) is 5.74. The van der Waals surface area contributed by atoms with Gasteiger partial charge in [0.25, 0.3) is 5.69 Å². The van der Waals surface area contributed by atoms with E-state index in [1.54, 1.807) is 6.07 Å². The summed E-state index contributed by atoms with van der Waals surface area (Å²) in [6.07, 6.45) is 0. The van der Waals surface area contributed by atoms with Crippen LogP contribution in [0.2, 0.25) is 0 Å². The number of carboxylic acids is 1. The maximum absolute atomic E-state index is 11.1. The smallest absolute Gasteiger partial charge is 0.339 e. The number of rotatable bonds is 3. The molecule has 0 radical (unpaired) electrons. The minimum absolute atomic E-state index is 0.0886. The predicted molar refractivity (Wildman–Crippen MR) is 67.8 cm³/mol. The van der Waals surface area contributed by atoms with E-state index in [2.05, 4.69) is 0 Å². The van der Waals surface area contributed by atoms with Crippen LogP contribution in [0.3, 0.4) is 0 Å². The molecule has 18 heavy (non-hydrogen) atoms. The zero-order chi connectivity index (χ0) is 13.3. The van der Waals surface area contributed by atoms with Crippen molar-refractivity contribution in [3.05, 3.63) is 45.3 Å². The van der Waals surface area contributed by atoms with Gasteiger partial charge in [0.1, 0.15) is 10.6 Å². The van der Waals surface area contributed by atoms with E-state index in [0.29, 0.717) is 0 Å². The second-order valence-electron chi connectivity index (χ2n) is 3.47. The van der Waals surface area contributed by atoms with Gasteiger partial charge in [0.15, 0.2) is 0 Å². The summed E-state index contributed by atoms with van der Waals surface area (Å²) >= 11 is 1.05. The second kappa shape index (κ2) is 4.46. The van der Waals surface area contributed by atoms with Crippen molar-refractivity contribution in [1.29, 1.82) is 0 Å². The fraction of sp³-hybridized carbons (Fsp3) is 0. The highest BCUT2D eigenvalue weighted by atomic mass is 32.1. The van der Waals surface area contributed by atoms with Gasteiger partial charge in [-0.1, -0.05) is 12.1 Å². The molecule has 0 aliphatic carbocycles. The molecule has 0 saturated heterocycles. The van der Waals surface area contributed by atoms with Crippen LogP contribution in [0.1, 0.15) is 10.4 Å². The van der Waals surface area contributed by atoms with Gasteiger partial charge in [-0.25, -0.2) is 4.79 Å². The molecule has 0 fully saturated rings. The van der Waals surface area contributed by atoms with Gasteiger partial charge < -0.3 is 10.8 Å². The van der Waals surface area contributed by atoms with E-state index in [1.807, 2.05) is 0 Å². The number of nitrogen functional groups attached to an aromatic ring is 1. The second-order valence-corrected chi connectivity index (χ2v) is 4.38. The standard InChI is InChI=1S/C11H8N2O4S/c12-10-9(11(14)15)7(5-18-10)6-3-1-2-4-8(6)13(16)17/h1-5H,12H2,(H,14,15). The van der Waals surface area contributed by atoms with Crippen LogP contribution in [0.4, 0.5) is 10.7 Å². The Morgan fingerprint density at radius 3 is 2.61 bits per heavy atom. The number of aromatic carboxylic acids is 1. The number of nitro groups is 1. The molecule has 0 spiro atoms. The van der Waals surface area contributed by atoms with Crippen molar-refractivity contribution >= 4 is 28.0 Å². The summed E-state index contributed by atoms with van der Waals surface area (Å²) in [6.45, 7) is 0. The number of hydrogen-bond donors (Lipinski definition) is 2. The van der Waals surface area contributed by atoms with Crippen molar-refractivity contribution in [2.75, 3.05) is 5.73 Å². The van der Waals surface area contributed by atoms with Crippen LogP contribution in [0.25, 0.3) is 11.1 Å². The molecule has 0 amide bonds. The van der Waals surface area contributed by atoms with Crippen LogP contribution in [-0.4, -0.2) is 16.0 Å². The normalized spacial score (nSPS) is 10.2. The average molecular weight is 264 g/mol. The monoisotopic (exact) mass is 264 g/mol. The Hall–Kier alpha value is -2.41. The van der Waals surface area contributed by atoms with Crippen LogP contribution < -0.4 is 5.73 Å². The third-order valence-electron chi connectivity index (χ3n) is 2.42. The van der Waals surface area contributed by atoms with Crippen molar-refractivity contribution in [1.82, 2.24) is 0 Å². The van der Waals surface area contributed by atoms with Gasteiger partial charge in [-0.05, 0) is 6.07 Å². The van der Waals surface area contributed by atoms with E-state index in [1.165, 1.54) is 23.6 Å². The van der Waals surface area contributed by atoms with Gasteiger partial charge >= 0.3 is 5.97 Å². The lowest BCUT2D eigenvalue weighted by Gasteiger charge is -2.02. The van der Waals surface area contributed by atoms with Crippen molar-refractivity contribution in [2.45, 2.75) is 0 Å². The molecule has 1 aromatic carbocycles. The Morgan fingerprint density at radius 2 is 2.00 bits per heavy atom. The van der Waals surface area contributed by atoms with E-state index in [0.717, 1.165) is 11.3 Å². The summed E-state index contributed by atoms with van der Waals surface area (Å²) in [6, 6.07) is 5.97. The number of para-hydroxylation sites is 1. The molecule has 2 aromatic rings. The zero-order valence-electron chi connectivity index (χ0n) is 8.99. The Bertz CT molecular complexity index is 636. The molecule has 0 aliphatic heterocycles. The summed E-state index contributed by atoms with van der Waals surface area (Å²) in [5, 5.41) is 21.6. The minimum Gasteiger partial charge on any atom is -0.478 e. The lowest BCUT2D eigenvalue weighted by Crippen LogP contribution is -2.01. The van der Waals surface area contributed by atoms with Gasteiger partial charge in [-0.15, -0.1) is 11.3 Å². The lowest BCUT2D eigenvalue weighted by molar-refractivity contribution is -0.384. The number of nitrogens with two attached hydrogens (primary N) is 1. The zero-order valence-corrected chi connectivity index (χ0v) is 9.81. The Morgan fingerprint density at radius 1 is 1.33 bits per heavy atom. The van der Waals surface area contributed by atoms with E-state index in [4.69, 9.17) is 10.8 Å². The molecule has 0 atom stereocenters. The number of anilines is 1. The van der Waals surface area contributed by atoms with Crippen LogP contribution in [0, 0.1) is 10.1 Å². The molecule has 92 valence electrons. The van der Waals surface area contributed by atoms with Gasteiger partial charge in [-0.2, -0.15) is 0 Å². The highest BCUT2D eigenvalue weighted by Crippen LogP contribution is 2.37. The van der Waals surface area contributed by atoms with Crippen molar-refractivity contribution in [3.8, 4) is 11.1 Å². The van der Waals surface area contributed by atoms with E-state index < -0.39 is 10.9 Å². The van der Waals surface area contributed by atoms with Gasteiger partial charge in [0.05, 0.1) is 10.5 Å². The third kappa shape index (κ3) is 1.91. The number of nitro benzene ring substituents is 1. The highest BCUT2D eigenvalue weighted by molar-refractivity contribution is 7.15. The Balaban J connectivity index is 2.70. The number of hydrogen-bond acceptors (Lipinski definition) is 5. The minimum atomic E-state index is -1.19. The average Bonchev–Trinajstić information content (AvgIpc) is 2.71. The highest BCUT2D eigenvalue weighted by Gasteiger charge is 2.23. The number of benzene rings is 1. The third-order valence-corrected chi connectivity index (χ3v) is 3.24. The van der Waals surface area contributed by atoms with Crippen LogP contribution in [-0.2, 0) is 0 Å². The van der Waals surface area contributed by atoms with E-state index in [-0.39, 0.29) is 27.4 Å². The van der Waals surface area contributed by atoms with Gasteiger partial charge in [0.2, 0.25) is 0 Å². The summed E-state index contributed by atoms with van der Waals surface area (Å²) in [7, 11) is 0. The number of carboxylic acid groups (broad SMARTS) is 1. The quantitative estimate of drug-likeness (QED) is 0.654. The Kier molecular flexibility index (Phi) is 2.99. The van der Waals surface area contributed by atoms with Gasteiger partial charge in [0, 0.05) is 17.0 Å². The molecule has 3 N–H and O–H groups in total. The first-order chi connectivity index (χ1) is 8.52. The molecular formula is C11H8N2O4S. The van der Waals surface area contributed by atoms with Crippen molar-refractivity contribution < 1.29 is 14.8 Å². The molecule has 0 aliphatic rings. The summed E-state index contributed by atoms with van der Waals surface area (Å²) in [5.74, 6) is -1.19. The molecule has 1 aromatic heterocycles. The van der Waals surface area contributed by atoms with Crippen molar-refractivity contribution in [2.24, 2.45) is 0 Å². The van der Waals surface area contributed by atoms with Crippen LogP contribution in [0.5, 0.6) is 0 Å². The van der Waals surface area contributed by atoms with Gasteiger partial charge in [-0.3, -0.25) is 10.1 Å². The Labute approximate surface area is 105 Å². The van der Waals surface area contributed by atoms with Crippen LogP contribution in [0.15, 0.2) is 29.6 Å². The predicted octanol–water partition coefficient (Wildman–Crippen LogP) is 2.60. The largest absolute Gasteiger partial charge is 0.478 e. The summed E-state index contributed by atoms with van der Waals surface area (Å²) < 4.78 is 0. The van der Waals surface area contributed by atoms with Crippen LogP contribution >= 0.6 is 11.3 Å². The SMILES string of the molecule is Nc1scc(-c2ccccc2[N+](=O)[O-])c1C(=O)O. The molecule has 0 unspecified atom stereocenters. The fourth-order valence-electron chi connectivity index (χ4n) is 1.65. The fourth-order valence-corrected chi connectivity index (χ4v) is 2.46. The maximum atomic E-state index is 11.1. The lowest BCUT2D eigenvalue weighted by atomic mass is 10.0. The molecule has 1 heterocycles. The number of carbonyl (C=O) groups is 1. The summed E-state index contributed by atoms with van der Waals surface area (Å²) in [4.78, 5) is 21.5. The topological polar surface area (TPSA) is 106 Å². The molecule has 0 bridgehead atoms. The number of nitrogens with zero attached hydrogens (tertiary/aromatic N) is 1.